The second-order valence-corrected chi connectivity index (χ2v) is 6.64. The maximum Gasteiger partial charge on any atom is 0.192 e. The van der Waals surface area contributed by atoms with Crippen LogP contribution in [0.25, 0.3) is 0 Å². The summed E-state index contributed by atoms with van der Waals surface area (Å²) in [7, 11) is 0. The maximum absolute atomic E-state index is 12.2. The van der Waals surface area contributed by atoms with Gasteiger partial charge in [0.2, 0.25) is 0 Å². The quantitative estimate of drug-likeness (QED) is 0.548. The summed E-state index contributed by atoms with van der Waals surface area (Å²) < 4.78 is 3.49. The van der Waals surface area contributed by atoms with E-state index < -0.39 is 0 Å². The molecule has 0 atom stereocenters. The fourth-order valence-corrected chi connectivity index (χ4v) is 3.54. The first-order valence-corrected chi connectivity index (χ1v) is 8.32. The SMILES string of the molecule is CCn1ncc(Br)c1C(=O)CSc1cccc(Br)c1. The molecule has 3 nitrogen and oxygen atoms in total. The molecule has 0 fully saturated rings. The van der Waals surface area contributed by atoms with Gasteiger partial charge in [-0.1, -0.05) is 22.0 Å². The largest absolute Gasteiger partial charge is 0.291 e. The average Bonchev–Trinajstić information content (AvgIpc) is 2.77. The Balaban J connectivity index is 2.07. The molecule has 0 bridgehead atoms. The molecular formula is C13H12Br2N2OS. The van der Waals surface area contributed by atoms with Crippen LogP contribution in [-0.2, 0) is 6.54 Å². The van der Waals surface area contributed by atoms with Gasteiger partial charge in [-0.3, -0.25) is 9.48 Å². The second-order valence-electron chi connectivity index (χ2n) is 3.83. The van der Waals surface area contributed by atoms with Crippen LogP contribution < -0.4 is 0 Å². The summed E-state index contributed by atoms with van der Waals surface area (Å²) >= 11 is 8.33. The molecule has 1 aromatic heterocycles. The van der Waals surface area contributed by atoms with Gasteiger partial charge in [0.1, 0.15) is 5.69 Å². The van der Waals surface area contributed by atoms with Crippen LogP contribution >= 0.6 is 43.6 Å². The van der Waals surface area contributed by atoms with E-state index in [2.05, 4.69) is 37.0 Å². The van der Waals surface area contributed by atoms with Crippen molar-refractivity contribution in [1.29, 1.82) is 0 Å². The molecule has 0 radical (unpaired) electrons. The summed E-state index contributed by atoms with van der Waals surface area (Å²) in [6, 6.07) is 7.93. The van der Waals surface area contributed by atoms with Crippen LogP contribution in [0.15, 0.2) is 44.3 Å². The number of thioether (sulfide) groups is 1. The predicted octanol–water partition coefficient (Wildman–Crippen LogP) is 4.40. The summed E-state index contributed by atoms with van der Waals surface area (Å²) in [5.41, 5.74) is 0.644. The first-order valence-electron chi connectivity index (χ1n) is 5.74. The number of hydrogen-bond donors (Lipinski definition) is 0. The molecule has 19 heavy (non-hydrogen) atoms. The zero-order valence-electron chi connectivity index (χ0n) is 10.3. The third-order valence-electron chi connectivity index (χ3n) is 2.52. The summed E-state index contributed by atoms with van der Waals surface area (Å²) in [5.74, 6) is 0.483. The van der Waals surface area contributed by atoms with Crippen molar-refractivity contribution < 1.29 is 4.79 Å². The van der Waals surface area contributed by atoms with Crippen molar-refractivity contribution in [3.8, 4) is 0 Å². The fraction of sp³-hybridized carbons (Fsp3) is 0.231. The minimum absolute atomic E-state index is 0.0798. The van der Waals surface area contributed by atoms with Crippen molar-refractivity contribution in [2.45, 2.75) is 18.4 Å². The van der Waals surface area contributed by atoms with Crippen molar-refractivity contribution in [3.05, 3.63) is 45.1 Å². The Bertz CT molecular complexity index is 598. The van der Waals surface area contributed by atoms with E-state index in [1.807, 2.05) is 31.2 Å². The van der Waals surface area contributed by atoms with Crippen molar-refractivity contribution in [3.63, 3.8) is 0 Å². The van der Waals surface area contributed by atoms with Crippen LogP contribution in [0.2, 0.25) is 0 Å². The molecule has 0 unspecified atom stereocenters. The monoisotopic (exact) mass is 402 g/mol. The Morgan fingerprint density at radius 2 is 2.21 bits per heavy atom. The van der Waals surface area contributed by atoms with Gasteiger partial charge >= 0.3 is 0 Å². The Hall–Kier alpha value is -0.590. The van der Waals surface area contributed by atoms with Crippen LogP contribution in [0, 0.1) is 0 Å². The number of Topliss-reactive ketones (excluding diaryl/α,β-unsaturated/α-hetero) is 1. The zero-order chi connectivity index (χ0) is 13.8. The molecule has 0 aliphatic carbocycles. The third-order valence-corrected chi connectivity index (χ3v) is 4.59. The van der Waals surface area contributed by atoms with Crippen LogP contribution in [0.3, 0.4) is 0 Å². The smallest absolute Gasteiger partial charge is 0.192 e. The number of halogens is 2. The summed E-state index contributed by atoms with van der Waals surface area (Å²) in [5, 5.41) is 4.16. The van der Waals surface area contributed by atoms with Gasteiger partial charge in [0.25, 0.3) is 0 Å². The molecule has 1 aromatic carbocycles. The van der Waals surface area contributed by atoms with Gasteiger partial charge in [0.05, 0.1) is 16.4 Å². The molecule has 0 saturated carbocycles. The lowest BCUT2D eigenvalue weighted by molar-refractivity contribution is 0.101. The molecule has 0 N–H and O–H groups in total. The van der Waals surface area contributed by atoms with E-state index in [1.165, 1.54) is 11.8 Å². The number of benzene rings is 1. The van der Waals surface area contributed by atoms with Gasteiger partial charge in [0.15, 0.2) is 5.78 Å². The molecule has 6 heteroatoms. The lowest BCUT2D eigenvalue weighted by Crippen LogP contribution is -2.12. The van der Waals surface area contributed by atoms with E-state index in [0.717, 1.165) is 13.8 Å². The van der Waals surface area contributed by atoms with Crippen molar-refractivity contribution in [2.24, 2.45) is 0 Å². The number of aryl methyl sites for hydroxylation is 1. The Morgan fingerprint density at radius 1 is 1.42 bits per heavy atom. The third kappa shape index (κ3) is 3.70. The van der Waals surface area contributed by atoms with Gasteiger partial charge in [-0.05, 0) is 41.1 Å². The van der Waals surface area contributed by atoms with Gasteiger partial charge < -0.3 is 0 Å². The molecule has 2 aromatic rings. The minimum atomic E-state index is 0.0798. The highest BCUT2D eigenvalue weighted by Crippen LogP contribution is 2.24. The van der Waals surface area contributed by atoms with Gasteiger partial charge in [-0.25, -0.2) is 0 Å². The highest BCUT2D eigenvalue weighted by Gasteiger charge is 2.16. The average molecular weight is 404 g/mol. The Kier molecular flexibility index (Phi) is 5.24. The number of aromatic nitrogens is 2. The van der Waals surface area contributed by atoms with E-state index in [9.17, 15) is 4.79 Å². The zero-order valence-corrected chi connectivity index (χ0v) is 14.3. The van der Waals surface area contributed by atoms with Crippen LogP contribution in [-0.4, -0.2) is 21.3 Å². The molecule has 0 aliphatic rings. The van der Waals surface area contributed by atoms with E-state index in [4.69, 9.17) is 0 Å². The van der Waals surface area contributed by atoms with Crippen LogP contribution in [0.4, 0.5) is 0 Å². The lowest BCUT2D eigenvalue weighted by atomic mass is 10.3. The maximum atomic E-state index is 12.2. The van der Waals surface area contributed by atoms with Crippen LogP contribution in [0.1, 0.15) is 17.4 Å². The number of ketones is 1. The van der Waals surface area contributed by atoms with Gasteiger partial charge in [-0.2, -0.15) is 5.10 Å². The standard InChI is InChI=1S/C13H12Br2N2OS/c1-2-17-13(11(15)7-16-17)12(18)8-19-10-5-3-4-9(14)6-10/h3-7H,2,8H2,1H3. The highest BCUT2D eigenvalue weighted by atomic mass is 79.9. The molecular weight excluding hydrogens is 392 g/mol. The first-order chi connectivity index (χ1) is 9.11. The Labute approximate surface area is 133 Å². The van der Waals surface area contributed by atoms with E-state index in [-0.39, 0.29) is 5.78 Å². The predicted molar refractivity (Wildman–Crippen MR) is 84.8 cm³/mol. The van der Waals surface area contributed by atoms with Crippen LogP contribution in [0.5, 0.6) is 0 Å². The number of carbonyl (C=O) groups is 1. The van der Waals surface area contributed by atoms with Crippen molar-refractivity contribution >= 4 is 49.4 Å². The van der Waals surface area contributed by atoms with E-state index >= 15 is 0 Å². The summed E-state index contributed by atoms with van der Waals surface area (Å²) in [6.07, 6.45) is 1.67. The Morgan fingerprint density at radius 3 is 2.89 bits per heavy atom. The molecule has 2 rings (SSSR count). The summed E-state index contributed by atoms with van der Waals surface area (Å²) in [6.45, 7) is 2.66. The fourth-order valence-electron chi connectivity index (χ4n) is 1.65. The number of carbonyl (C=O) groups excluding carboxylic acids is 1. The van der Waals surface area contributed by atoms with Gasteiger partial charge in [0, 0.05) is 15.9 Å². The number of rotatable bonds is 5. The summed E-state index contributed by atoms with van der Waals surface area (Å²) in [4.78, 5) is 13.3. The van der Waals surface area contributed by atoms with Gasteiger partial charge in [-0.15, -0.1) is 11.8 Å². The molecule has 1 heterocycles. The lowest BCUT2D eigenvalue weighted by Gasteiger charge is -2.05. The first kappa shape index (κ1) is 14.8. The number of hydrogen-bond acceptors (Lipinski definition) is 3. The van der Waals surface area contributed by atoms with Crippen molar-refractivity contribution in [1.82, 2.24) is 9.78 Å². The van der Waals surface area contributed by atoms with E-state index in [0.29, 0.717) is 18.0 Å². The molecule has 100 valence electrons. The van der Waals surface area contributed by atoms with Crippen molar-refractivity contribution in [2.75, 3.05) is 5.75 Å². The molecule has 0 saturated heterocycles. The molecule has 0 amide bonds. The second kappa shape index (κ2) is 6.72. The highest BCUT2D eigenvalue weighted by molar-refractivity contribution is 9.10. The molecule has 0 spiro atoms. The number of nitrogens with zero attached hydrogens (tertiary/aromatic N) is 2. The topological polar surface area (TPSA) is 34.9 Å². The molecule has 0 aliphatic heterocycles. The normalized spacial score (nSPS) is 10.7. The van der Waals surface area contributed by atoms with E-state index in [1.54, 1.807) is 10.9 Å². The minimum Gasteiger partial charge on any atom is -0.291 e.